The van der Waals surface area contributed by atoms with E-state index >= 15 is 0 Å². The van der Waals surface area contributed by atoms with Crippen LogP contribution in [-0.4, -0.2) is 72.7 Å². The van der Waals surface area contributed by atoms with Crippen LogP contribution in [0.1, 0.15) is 23.5 Å². The molecule has 2 aromatic rings. The summed E-state index contributed by atoms with van der Waals surface area (Å²) < 4.78 is 53.8. The molecule has 2 saturated heterocycles. The Bertz CT molecular complexity index is 1080. The molecule has 11 heteroatoms. The van der Waals surface area contributed by atoms with Gasteiger partial charge in [-0.1, -0.05) is 0 Å². The fraction of sp³-hybridized carbons (Fsp3) is 0.524. The van der Waals surface area contributed by atoms with Crippen molar-refractivity contribution in [3.05, 3.63) is 45.9 Å². The van der Waals surface area contributed by atoms with Crippen molar-refractivity contribution >= 4 is 27.3 Å². The van der Waals surface area contributed by atoms with E-state index in [1.54, 1.807) is 16.2 Å². The highest BCUT2D eigenvalue weighted by Crippen LogP contribution is 2.25. The van der Waals surface area contributed by atoms with Crippen molar-refractivity contribution in [2.24, 2.45) is 5.92 Å². The van der Waals surface area contributed by atoms with E-state index in [1.165, 1.54) is 0 Å². The topological polar surface area (TPSA) is 73.8 Å². The van der Waals surface area contributed by atoms with Gasteiger partial charge in [0.05, 0.1) is 10.7 Å². The zero-order valence-corrected chi connectivity index (χ0v) is 19.5. The van der Waals surface area contributed by atoms with E-state index in [4.69, 9.17) is 0 Å². The highest BCUT2D eigenvalue weighted by atomic mass is 32.2. The third-order valence-corrected chi connectivity index (χ3v) is 8.81. The fourth-order valence-corrected chi connectivity index (χ4v) is 6.35. The zero-order chi connectivity index (χ0) is 22.9. The minimum atomic E-state index is -4.08. The minimum absolute atomic E-state index is 0.0548. The van der Waals surface area contributed by atoms with E-state index in [2.05, 4.69) is 15.3 Å². The highest BCUT2D eigenvalue weighted by Gasteiger charge is 2.35. The average Bonchev–Trinajstić information content (AvgIpc) is 3.18. The summed E-state index contributed by atoms with van der Waals surface area (Å²) in [6.45, 7) is 5.14. The molecule has 0 spiro atoms. The summed E-state index contributed by atoms with van der Waals surface area (Å²) in [5.41, 5.74) is 1.06. The number of aromatic nitrogens is 1. The van der Waals surface area contributed by atoms with Crippen LogP contribution in [0.15, 0.2) is 28.5 Å². The van der Waals surface area contributed by atoms with Gasteiger partial charge in [0.25, 0.3) is 0 Å². The second kappa shape index (κ2) is 9.50. The molecule has 0 aliphatic carbocycles. The number of sulfonamides is 1. The van der Waals surface area contributed by atoms with Gasteiger partial charge in [0.15, 0.2) is 0 Å². The molecule has 4 rings (SSSR count). The number of benzene rings is 1. The number of piperidine rings is 1. The number of amides is 1. The molecule has 2 aliphatic heterocycles. The predicted molar refractivity (Wildman–Crippen MR) is 117 cm³/mol. The Morgan fingerprint density at radius 1 is 1.12 bits per heavy atom. The quantitative estimate of drug-likeness (QED) is 0.652. The molecular weight excluding hydrogens is 458 g/mol. The standard InChI is InChI=1S/C21H26F2N4O3S2/c1-15-24-18(14-31-15)13-25-6-4-16(5-7-25)21(28)26-8-10-27(11-9-26)32(29,30)20-3-2-17(22)12-19(20)23/h2-3,12,14,16H,4-11,13H2,1H3. The zero-order valence-electron chi connectivity index (χ0n) is 17.8. The predicted octanol–water partition coefficient (Wildman–Crippen LogP) is 2.47. The van der Waals surface area contributed by atoms with Crippen LogP contribution in [0.5, 0.6) is 0 Å². The van der Waals surface area contributed by atoms with E-state index in [-0.39, 0.29) is 38.0 Å². The van der Waals surface area contributed by atoms with Gasteiger partial charge in [0, 0.05) is 50.1 Å². The summed E-state index contributed by atoms with van der Waals surface area (Å²) in [6, 6.07) is 2.44. The highest BCUT2D eigenvalue weighted by molar-refractivity contribution is 7.89. The number of carbonyl (C=O) groups is 1. The molecule has 3 heterocycles. The summed E-state index contributed by atoms with van der Waals surface area (Å²) in [5.74, 6) is -1.95. The Kier molecular flexibility index (Phi) is 6.89. The molecule has 0 N–H and O–H groups in total. The monoisotopic (exact) mass is 484 g/mol. The van der Waals surface area contributed by atoms with Gasteiger partial charge in [-0.3, -0.25) is 9.69 Å². The molecule has 2 fully saturated rings. The molecule has 7 nitrogen and oxygen atoms in total. The van der Waals surface area contributed by atoms with Gasteiger partial charge in [-0.15, -0.1) is 11.3 Å². The lowest BCUT2D eigenvalue weighted by molar-refractivity contribution is -0.138. The molecule has 1 aromatic heterocycles. The molecule has 32 heavy (non-hydrogen) atoms. The molecule has 2 aliphatic rings. The second-order valence-electron chi connectivity index (χ2n) is 8.21. The molecule has 1 amide bonds. The Balaban J connectivity index is 1.29. The van der Waals surface area contributed by atoms with Crippen molar-refractivity contribution in [3.8, 4) is 0 Å². The number of piperazine rings is 1. The summed E-state index contributed by atoms with van der Waals surface area (Å²) in [6.07, 6.45) is 1.53. The van der Waals surface area contributed by atoms with Crippen LogP contribution in [-0.2, 0) is 21.4 Å². The second-order valence-corrected chi connectivity index (χ2v) is 11.2. The fourth-order valence-electron chi connectivity index (χ4n) is 4.28. The first-order valence-electron chi connectivity index (χ1n) is 10.6. The Morgan fingerprint density at radius 3 is 2.41 bits per heavy atom. The number of nitrogens with zero attached hydrogens (tertiary/aromatic N) is 4. The smallest absolute Gasteiger partial charge is 0.246 e. The molecule has 1 aromatic carbocycles. The summed E-state index contributed by atoms with van der Waals surface area (Å²) in [5, 5.41) is 3.12. The SMILES string of the molecule is Cc1nc(CN2CCC(C(=O)N3CCN(S(=O)(=O)c4ccc(F)cc4F)CC3)CC2)cs1. The Morgan fingerprint density at radius 2 is 1.81 bits per heavy atom. The number of halogens is 2. The Labute approximate surface area is 190 Å². The number of thiazole rings is 1. The van der Waals surface area contributed by atoms with E-state index in [0.717, 1.165) is 59.6 Å². The molecule has 174 valence electrons. The maximum Gasteiger partial charge on any atom is 0.246 e. The van der Waals surface area contributed by atoms with Crippen LogP contribution >= 0.6 is 11.3 Å². The largest absolute Gasteiger partial charge is 0.340 e. The van der Waals surface area contributed by atoms with Gasteiger partial charge in [-0.05, 0) is 45.0 Å². The lowest BCUT2D eigenvalue weighted by Crippen LogP contribution is -2.52. The number of carbonyl (C=O) groups excluding carboxylic acids is 1. The first-order chi connectivity index (χ1) is 15.2. The summed E-state index contributed by atoms with van der Waals surface area (Å²) >= 11 is 1.64. The minimum Gasteiger partial charge on any atom is -0.340 e. The van der Waals surface area contributed by atoms with Gasteiger partial charge >= 0.3 is 0 Å². The van der Waals surface area contributed by atoms with E-state index in [0.29, 0.717) is 6.07 Å². The maximum absolute atomic E-state index is 14.0. The number of rotatable bonds is 5. The lowest BCUT2D eigenvalue weighted by Gasteiger charge is -2.38. The van der Waals surface area contributed by atoms with Crippen molar-refractivity contribution in [2.45, 2.75) is 31.2 Å². The first kappa shape index (κ1) is 23.2. The molecule has 0 radical (unpaired) electrons. The number of aryl methyl sites for hydroxylation is 1. The average molecular weight is 485 g/mol. The molecule has 0 atom stereocenters. The van der Waals surface area contributed by atoms with Gasteiger partial charge < -0.3 is 4.90 Å². The molecule has 0 unspecified atom stereocenters. The van der Waals surface area contributed by atoms with Crippen LogP contribution in [0.3, 0.4) is 0 Å². The number of likely N-dealkylation sites (tertiary alicyclic amines) is 1. The van der Waals surface area contributed by atoms with Crippen molar-refractivity contribution in [1.82, 2.24) is 19.1 Å². The van der Waals surface area contributed by atoms with E-state index in [1.807, 2.05) is 6.92 Å². The van der Waals surface area contributed by atoms with Crippen molar-refractivity contribution in [3.63, 3.8) is 0 Å². The first-order valence-corrected chi connectivity index (χ1v) is 12.9. The van der Waals surface area contributed by atoms with E-state index in [9.17, 15) is 22.0 Å². The maximum atomic E-state index is 14.0. The molecular formula is C21H26F2N4O3S2. The van der Waals surface area contributed by atoms with Crippen LogP contribution in [0.2, 0.25) is 0 Å². The number of hydrogen-bond acceptors (Lipinski definition) is 6. The Hall–Kier alpha value is -1.95. The molecule has 0 bridgehead atoms. The van der Waals surface area contributed by atoms with Crippen LogP contribution in [0, 0.1) is 24.5 Å². The van der Waals surface area contributed by atoms with Crippen molar-refractivity contribution in [1.29, 1.82) is 0 Å². The van der Waals surface area contributed by atoms with Gasteiger partial charge in [-0.25, -0.2) is 22.2 Å². The summed E-state index contributed by atoms with van der Waals surface area (Å²) in [4.78, 5) is 20.9. The normalized spacial score (nSPS) is 19.4. The van der Waals surface area contributed by atoms with Gasteiger partial charge in [0.1, 0.15) is 16.5 Å². The third-order valence-electron chi connectivity index (χ3n) is 6.05. The number of hydrogen-bond donors (Lipinski definition) is 0. The van der Waals surface area contributed by atoms with E-state index < -0.39 is 26.6 Å². The van der Waals surface area contributed by atoms with Gasteiger partial charge in [0.2, 0.25) is 15.9 Å². The van der Waals surface area contributed by atoms with Crippen molar-refractivity contribution < 1.29 is 22.0 Å². The van der Waals surface area contributed by atoms with Crippen LogP contribution in [0.4, 0.5) is 8.78 Å². The third kappa shape index (κ3) is 5.00. The van der Waals surface area contributed by atoms with Crippen LogP contribution in [0.25, 0.3) is 0 Å². The van der Waals surface area contributed by atoms with Crippen LogP contribution < -0.4 is 0 Å². The van der Waals surface area contributed by atoms with Crippen molar-refractivity contribution in [2.75, 3.05) is 39.3 Å². The molecule has 0 saturated carbocycles. The summed E-state index contributed by atoms with van der Waals surface area (Å²) in [7, 11) is -4.08. The van der Waals surface area contributed by atoms with Gasteiger partial charge in [-0.2, -0.15) is 4.31 Å². The lowest BCUT2D eigenvalue weighted by atomic mass is 9.95.